The molecule has 1 aromatic heterocycles. The minimum absolute atomic E-state index is 0.207. The Morgan fingerprint density at radius 2 is 2.17 bits per heavy atom. The number of hydrazine groups is 1. The zero-order valence-corrected chi connectivity index (χ0v) is 10.3. The third-order valence-electron chi connectivity index (χ3n) is 2.16. The van der Waals surface area contributed by atoms with Crippen LogP contribution in [0.1, 0.15) is 6.42 Å². The van der Waals surface area contributed by atoms with Crippen LogP contribution in [0, 0.1) is 0 Å². The average molecular weight is 264 g/mol. The molecule has 0 fully saturated rings. The molecule has 94 valence electrons. The predicted molar refractivity (Wildman–Crippen MR) is 66.8 cm³/mol. The van der Waals surface area contributed by atoms with Crippen LogP contribution in [-0.4, -0.2) is 31.9 Å². The first-order valence-electron chi connectivity index (χ1n) is 5.27. The first-order chi connectivity index (χ1) is 8.81. The van der Waals surface area contributed by atoms with Gasteiger partial charge in [-0.05, 0) is 22.6 Å². The van der Waals surface area contributed by atoms with Crippen molar-refractivity contribution in [3.05, 3.63) is 30.3 Å². The number of para-hydroxylation sites is 1. The first-order valence-corrected chi connectivity index (χ1v) is 6.26. The summed E-state index contributed by atoms with van der Waals surface area (Å²) in [6.45, 7) is 0. The van der Waals surface area contributed by atoms with Crippen LogP contribution >= 0.6 is 11.8 Å². The van der Waals surface area contributed by atoms with Gasteiger partial charge in [0.1, 0.15) is 0 Å². The van der Waals surface area contributed by atoms with E-state index in [1.165, 1.54) is 11.8 Å². The fourth-order valence-corrected chi connectivity index (χ4v) is 2.14. The van der Waals surface area contributed by atoms with E-state index in [0.717, 1.165) is 5.69 Å². The molecule has 0 unspecified atom stereocenters. The van der Waals surface area contributed by atoms with E-state index >= 15 is 0 Å². The summed E-state index contributed by atoms with van der Waals surface area (Å²) in [6, 6.07) is 9.56. The molecule has 0 aliphatic heterocycles. The highest BCUT2D eigenvalue weighted by molar-refractivity contribution is 7.99. The summed E-state index contributed by atoms with van der Waals surface area (Å²) in [7, 11) is 0. The van der Waals surface area contributed by atoms with Crippen molar-refractivity contribution in [2.24, 2.45) is 5.84 Å². The summed E-state index contributed by atoms with van der Waals surface area (Å²) in [4.78, 5) is 11.0. The van der Waals surface area contributed by atoms with E-state index in [9.17, 15) is 4.79 Å². The van der Waals surface area contributed by atoms with Gasteiger partial charge in [0.2, 0.25) is 11.1 Å². The Morgan fingerprint density at radius 3 is 2.89 bits per heavy atom. The molecule has 3 N–H and O–H groups in total. The van der Waals surface area contributed by atoms with Gasteiger partial charge in [0.05, 0.1) is 5.69 Å². The lowest BCUT2D eigenvalue weighted by atomic mass is 10.3. The third-order valence-corrected chi connectivity index (χ3v) is 3.08. The lowest BCUT2D eigenvalue weighted by Crippen LogP contribution is -2.30. The SMILES string of the molecule is NNC(=O)CCSc1nnnn1-c1ccccc1. The van der Waals surface area contributed by atoms with Gasteiger partial charge in [-0.3, -0.25) is 10.2 Å². The molecule has 8 heteroatoms. The van der Waals surface area contributed by atoms with Crippen LogP contribution in [0.4, 0.5) is 0 Å². The molecule has 0 bridgehead atoms. The van der Waals surface area contributed by atoms with Gasteiger partial charge in [0.15, 0.2) is 0 Å². The van der Waals surface area contributed by atoms with Gasteiger partial charge in [0.25, 0.3) is 0 Å². The summed E-state index contributed by atoms with van der Waals surface area (Å²) in [5.74, 6) is 5.36. The number of hydrogen-bond acceptors (Lipinski definition) is 6. The Balaban J connectivity index is 2.03. The van der Waals surface area contributed by atoms with Gasteiger partial charge in [-0.2, -0.15) is 4.68 Å². The standard InChI is InChI=1S/C10H12N6OS/c11-12-9(17)6-7-18-10-13-14-15-16(10)8-4-2-1-3-5-8/h1-5H,6-7,11H2,(H,12,17). The summed E-state index contributed by atoms with van der Waals surface area (Å²) in [5, 5.41) is 12.1. The van der Waals surface area contributed by atoms with Crippen molar-refractivity contribution in [1.29, 1.82) is 0 Å². The molecule has 0 radical (unpaired) electrons. The molecule has 7 nitrogen and oxygen atoms in total. The van der Waals surface area contributed by atoms with Crippen LogP contribution in [-0.2, 0) is 4.79 Å². The molecule has 0 spiro atoms. The van der Waals surface area contributed by atoms with Gasteiger partial charge in [-0.25, -0.2) is 5.84 Å². The number of hydrogen-bond donors (Lipinski definition) is 2. The Bertz CT molecular complexity index is 514. The van der Waals surface area contributed by atoms with E-state index in [2.05, 4.69) is 21.0 Å². The number of nitrogens with one attached hydrogen (secondary N) is 1. The predicted octanol–water partition coefficient (Wildman–Crippen LogP) is 0.134. The number of nitrogens with two attached hydrogens (primary N) is 1. The van der Waals surface area contributed by atoms with Crippen LogP contribution in [0.3, 0.4) is 0 Å². The maximum absolute atomic E-state index is 11.0. The van der Waals surface area contributed by atoms with Gasteiger partial charge in [0, 0.05) is 12.2 Å². The monoisotopic (exact) mass is 264 g/mol. The normalized spacial score (nSPS) is 10.3. The van der Waals surface area contributed by atoms with Crippen molar-refractivity contribution in [1.82, 2.24) is 25.6 Å². The maximum Gasteiger partial charge on any atom is 0.234 e. The quantitative estimate of drug-likeness (QED) is 0.345. The van der Waals surface area contributed by atoms with E-state index in [1.54, 1.807) is 4.68 Å². The van der Waals surface area contributed by atoms with Crippen LogP contribution in [0.2, 0.25) is 0 Å². The Morgan fingerprint density at radius 1 is 1.39 bits per heavy atom. The van der Waals surface area contributed by atoms with E-state index in [-0.39, 0.29) is 5.91 Å². The van der Waals surface area contributed by atoms with Crippen molar-refractivity contribution < 1.29 is 4.79 Å². The third kappa shape index (κ3) is 3.05. The Hall–Kier alpha value is -1.93. The highest BCUT2D eigenvalue weighted by Crippen LogP contribution is 2.18. The minimum Gasteiger partial charge on any atom is -0.294 e. The van der Waals surface area contributed by atoms with Crippen molar-refractivity contribution in [3.63, 3.8) is 0 Å². The van der Waals surface area contributed by atoms with Crippen molar-refractivity contribution >= 4 is 17.7 Å². The molecular weight excluding hydrogens is 252 g/mol. The van der Waals surface area contributed by atoms with E-state index < -0.39 is 0 Å². The van der Waals surface area contributed by atoms with Gasteiger partial charge >= 0.3 is 0 Å². The molecule has 18 heavy (non-hydrogen) atoms. The van der Waals surface area contributed by atoms with Gasteiger partial charge in [-0.15, -0.1) is 5.10 Å². The summed E-state index contributed by atoms with van der Waals surface area (Å²) in [5.41, 5.74) is 2.96. The van der Waals surface area contributed by atoms with Gasteiger partial charge in [-0.1, -0.05) is 30.0 Å². The number of amides is 1. The highest BCUT2D eigenvalue weighted by atomic mass is 32.2. The van der Waals surface area contributed by atoms with Crippen molar-refractivity contribution in [3.8, 4) is 5.69 Å². The van der Waals surface area contributed by atoms with Gasteiger partial charge < -0.3 is 0 Å². The maximum atomic E-state index is 11.0. The van der Waals surface area contributed by atoms with E-state index in [0.29, 0.717) is 17.3 Å². The van der Waals surface area contributed by atoms with Crippen LogP contribution in [0.5, 0.6) is 0 Å². The number of thioether (sulfide) groups is 1. The number of nitrogens with zero attached hydrogens (tertiary/aromatic N) is 4. The number of tetrazole rings is 1. The van der Waals surface area contributed by atoms with Crippen molar-refractivity contribution in [2.75, 3.05) is 5.75 Å². The molecule has 0 saturated heterocycles. The van der Waals surface area contributed by atoms with Crippen LogP contribution in [0.15, 0.2) is 35.5 Å². The summed E-state index contributed by atoms with van der Waals surface area (Å²) >= 11 is 1.40. The number of rotatable bonds is 5. The number of carbonyl (C=O) groups excluding carboxylic acids is 1. The van der Waals surface area contributed by atoms with Crippen molar-refractivity contribution in [2.45, 2.75) is 11.6 Å². The second kappa shape index (κ2) is 6.12. The molecule has 0 atom stereocenters. The Labute approximate surface area is 108 Å². The zero-order chi connectivity index (χ0) is 12.8. The van der Waals surface area contributed by atoms with E-state index in [4.69, 9.17) is 5.84 Å². The molecule has 1 heterocycles. The topological polar surface area (TPSA) is 98.7 Å². The molecule has 1 amide bonds. The number of aromatic nitrogens is 4. The zero-order valence-electron chi connectivity index (χ0n) is 9.48. The largest absolute Gasteiger partial charge is 0.294 e. The molecule has 0 aliphatic carbocycles. The highest BCUT2D eigenvalue weighted by Gasteiger charge is 2.09. The summed E-state index contributed by atoms with van der Waals surface area (Å²) < 4.78 is 1.63. The number of carbonyl (C=O) groups is 1. The summed E-state index contributed by atoms with van der Waals surface area (Å²) in [6.07, 6.45) is 0.322. The molecule has 1 aromatic carbocycles. The van der Waals surface area contributed by atoms with Crippen LogP contribution in [0.25, 0.3) is 5.69 Å². The fraction of sp³-hybridized carbons (Fsp3) is 0.200. The molecule has 2 rings (SSSR count). The Kier molecular flexibility index (Phi) is 4.26. The smallest absolute Gasteiger partial charge is 0.234 e. The lowest BCUT2D eigenvalue weighted by Gasteiger charge is -2.03. The molecular formula is C10H12N6OS. The fourth-order valence-electron chi connectivity index (χ4n) is 1.31. The lowest BCUT2D eigenvalue weighted by molar-refractivity contribution is -0.120. The second-order valence-corrected chi connectivity index (χ2v) is 4.44. The molecule has 2 aromatic rings. The number of benzene rings is 1. The first kappa shape index (κ1) is 12.5. The van der Waals surface area contributed by atoms with E-state index in [1.807, 2.05) is 30.3 Å². The minimum atomic E-state index is -0.207. The molecule has 0 aliphatic rings. The molecule has 0 saturated carbocycles. The van der Waals surface area contributed by atoms with Crippen LogP contribution < -0.4 is 11.3 Å². The second-order valence-electron chi connectivity index (χ2n) is 3.37. The average Bonchev–Trinajstić information content (AvgIpc) is 2.88.